The molecule has 0 aromatic carbocycles. The van der Waals surface area contributed by atoms with Crippen molar-refractivity contribution < 1.29 is 0 Å². The SMILES string of the molecule is CC(C)(C)c1ccn2nc(N)nc2c1. The van der Waals surface area contributed by atoms with E-state index in [4.69, 9.17) is 5.73 Å². The molecule has 2 aromatic rings. The molecule has 0 amide bonds. The van der Waals surface area contributed by atoms with Crippen LogP contribution in [0.1, 0.15) is 26.3 Å². The maximum atomic E-state index is 5.51. The fourth-order valence-corrected chi connectivity index (χ4v) is 1.37. The standard InChI is InChI=1S/C10H14N4/c1-10(2,3)7-4-5-14-8(6-7)12-9(11)13-14/h4-6H,1-3H3,(H2,11,13). The van der Waals surface area contributed by atoms with Gasteiger partial charge in [-0.25, -0.2) is 4.52 Å². The van der Waals surface area contributed by atoms with Crippen LogP contribution in [0, 0.1) is 0 Å². The number of rotatable bonds is 0. The van der Waals surface area contributed by atoms with Crippen molar-refractivity contribution in [1.82, 2.24) is 14.6 Å². The van der Waals surface area contributed by atoms with Crippen LogP contribution >= 0.6 is 0 Å². The van der Waals surface area contributed by atoms with E-state index in [1.165, 1.54) is 5.56 Å². The molecule has 0 spiro atoms. The van der Waals surface area contributed by atoms with Gasteiger partial charge in [-0.15, -0.1) is 5.10 Å². The van der Waals surface area contributed by atoms with Crippen LogP contribution in [-0.4, -0.2) is 14.6 Å². The lowest BCUT2D eigenvalue weighted by Crippen LogP contribution is -2.11. The van der Waals surface area contributed by atoms with Gasteiger partial charge in [-0.2, -0.15) is 4.98 Å². The van der Waals surface area contributed by atoms with E-state index in [1.807, 2.05) is 18.3 Å². The first-order chi connectivity index (χ1) is 6.47. The number of nitrogen functional groups attached to an aromatic ring is 1. The van der Waals surface area contributed by atoms with E-state index in [-0.39, 0.29) is 5.41 Å². The molecule has 0 aliphatic heterocycles. The van der Waals surface area contributed by atoms with Gasteiger partial charge in [-0.05, 0) is 23.1 Å². The van der Waals surface area contributed by atoms with Gasteiger partial charge < -0.3 is 5.73 Å². The van der Waals surface area contributed by atoms with Gasteiger partial charge in [-0.1, -0.05) is 20.8 Å². The summed E-state index contributed by atoms with van der Waals surface area (Å²) in [6.45, 7) is 6.50. The highest BCUT2D eigenvalue weighted by Gasteiger charge is 2.14. The molecule has 74 valence electrons. The zero-order valence-electron chi connectivity index (χ0n) is 8.65. The minimum absolute atomic E-state index is 0.127. The first kappa shape index (κ1) is 8.99. The molecule has 2 N–H and O–H groups in total. The molecule has 0 saturated heterocycles. The van der Waals surface area contributed by atoms with Gasteiger partial charge in [-0.3, -0.25) is 0 Å². The third kappa shape index (κ3) is 1.43. The number of hydrogen-bond donors (Lipinski definition) is 1. The molecule has 0 fully saturated rings. The van der Waals surface area contributed by atoms with Gasteiger partial charge >= 0.3 is 0 Å². The summed E-state index contributed by atoms with van der Waals surface area (Å²) < 4.78 is 1.69. The molecule has 0 aliphatic rings. The van der Waals surface area contributed by atoms with Crippen molar-refractivity contribution in [3.63, 3.8) is 0 Å². The fraction of sp³-hybridized carbons (Fsp3) is 0.400. The van der Waals surface area contributed by atoms with E-state index in [0.29, 0.717) is 5.95 Å². The van der Waals surface area contributed by atoms with Crippen LogP contribution in [0.25, 0.3) is 5.65 Å². The Labute approximate surface area is 82.8 Å². The van der Waals surface area contributed by atoms with E-state index in [9.17, 15) is 0 Å². The van der Waals surface area contributed by atoms with Gasteiger partial charge in [0.15, 0.2) is 5.65 Å². The predicted octanol–water partition coefficient (Wildman–Crippen LogP) is 1.61. The van der Waals surface area contributed by atoms with Crippen LogP contribution in [0.2, 0.25) is 0 Å². The quantitative estimate of drug-likeness (QED) is 0.686. The van der Waals surface area contributed by atoms with Crippen LogP contribution < -0.4 is 5.73 Å². The molecule has 2 heterocycles. The van der Waals surface area contributed by atoms with Gasteiger partial charge in [0, 0.05) is 6.20 Å². The number of aromatic nitrogens is 3. The summed E-state index contributed by atoms with van der Waals surface area (Å²) in [4.78, 5) is 4.12. The Bertz CT molecular complexity index is 464. The second kappa shape index (κ2) is 2.70. The summed E-state index contributed by atoms with van der Waals surface area (Å²) in [6, 6.07) is 4.06. The van der Waals surface area contributed by atoms with Crippen molar-refractivity contribution in [2.75, 3.05) is 5.73 Å². The van der Waals surface area contributed by atoms with Crippen molar-refractivity contribution in [2.24, 2.45) is 0 Å². The number of anilines is 1. The Hall–Kier alpha value is -1.58. The van der Waals surface area contributed by atoms with Crippen LogP contribution in [0.5, 0.6) is 0 Å². The van der Waals surface area contributed by atoms with E-state index in [0.717, 1.165) is 5.65 Å². The second-order valence-corrected chi connectivity index (χ2v) is 4.44. The third-order valence-corrected chi connectivity index (χ3v) is 2.22. The Kier molecular flexibility index (Phi) is 1.74. The molecule has 0 aliphatic carbocycles. The highest BCUT2D eigenvalue weighted by atomic mass is 15.3. The Morgan fingerprint density at radius 3 is 2.71 bits per heavy atom. The van der Waals surface area contributed by atoms with Crippen LogP contribution in [-0.2, 0) is 5.41 Å². The number of fused-ring (bicyclic) bond motifs is 1. The van der Waals surface area contributed by atoms with Gasteiger partial charge in [0.1, 0.15) is 0 Å². The molecule has 2 aromatic heterocycles. The average Bonchev–Trinajstić information content (AvgIpc) is 2.41. The zero-order valence-corrected chi connectivity index (χ0v) is 8.65. The Morgan fingerprint density at radius 2 is 2.07 bits per heavy atom. The summed E-state index contributed by atoms with van der Waals surface area (Å²) in [5.41, 5.74) is 7.67. The second-order valence-electron chi connectivity index (χ2n) is 4.44. The zero-order chi connectivity index (χ0) is 10.3. The Balaban J connectivity index is 2.62. The first-order valence-corrected chi connectivity index (χ1v) is 4.59. The van der Waals surface area contributed by atoms with Crippen LogP contribution in [0.4, 0.5) is 5.95 Å². The van der Waals surface area contributed by atoms with Gasteiger partial charge in [0.25, 0.3) is 0 Å². The topological polar surface area (TPSA) is 56.2 Å². The molecule has 4 nitrogen and oxygen atoms in total. The maximum Gasteiger partial charge on any atom is 0.240 e. The van der Waals surface area contributed by atoms with Crippen molar-refractivity contribution >= 4 is 11.6 Å². The Morgan fingerprint density at radius 1 is 1.36 bits per heavy atom. The molecule has 0 atom stereocenters. The minimum atomic E-state index is 0.127. The number of nitrogens with zero attached hydrogens (tertiary/aromatic N) is 3. The molecular weight excluding hydrogens is 176 g/mol. The normalized spacial score (nSPS) is 12.2. The lowest BCUT2D eigenvalue weighted by Gasteiger charge is -2.18. The largest absolute Gasteiger partial charge is 0.366 e. The van der Waals surface area contributed by atoms with Gasteiger partial charge in [0.05, 0.1) is 0 Å². The molecule has 14 heavy (non-hydrogen) atoms. The summed E-state index contributed by atoms with van der Waals surface area (Å²) in [5.74, 6) is 0.316. The van der Waals surface area contributed by atoms with Crippen molar-refractivity contribution in [1.29, 1.82) is 0 Å². The molecule has 0 unspecified atom stereocenters. The first-order valence-electron chi connectivity index (χ1n) is 4.59. The minimum Gasteiger partial charge on any atom is -0.366 e. The lowest BCUT2D eigenvalue weighted by molar-refractivity contribution is 0.589. The number of pyridine rings is 1. The highest BCUT2D eigenvalue weighted by Crippen LogP contribution is 2.22. The lowest BCUT2D eigenvalue weighted by atomic mass is 9.88. The molecule has 2 rings (SSSR count). The molecular formula is C10H14N4. The fourth-order valence-electron chi connectivity index (χ4n) is 1.37. The molecule has 4 heteroatoms. The highest BCUT2D eigenvalue weighted by molar-refractivity contribution is 5.45. The van der Waals surface area contributed by atoms with E-state index in [1.54, 1.807) is 4.52 Å². The van der Waals surface area contributed by atoms with E-state index >= 15 is 0 Å². The number of nitrogens with two attached hydrogens (primary N) is 1. The molecule has 0 radical (unpaired) electrons. The van der Waals surface area contributed by atoms with E-state index in [2.05, 4.69) is 30.9 Å². The summed E-state index contributed by atoms with van der Waals surface area (Å²) in [5, 5.41) is 4.02. The van der Waals surface area contributed by atoms with Crippen LogP contribution in [0.3, 0.4) is 0 Å². The van der Waals surface area contributed by atoms with Crippen molar-refractivity contribution in [3.05, 3.63) is 23.9 Å². The maximum absolute atomic E-state index is 5.51. The third-order valence-electron chi connectivity index (χ3n) is 2.22. The van der Waals surface area contributed by atoms with Crippen molar-refractivity contribution in [3.8, 4) is 0 Å². The van der Waals surface area contributed by atoms with E-state index < -0.39 is 0 Å². The summed E-state index contributed by atoms with van der Waals surface area (Å²) in [7, 11) is 0. The summed E-state index contributed by atoms with van der Waals surface area (Å²) >= 11 is 0. The molecule has 0 bridgehead atoms. The number of hydrogen-bond acceptors (Lipinski definition) is 3. The summed E-state index contributed by atoms with van der Waals surface area (Å²) in [6.07, 6.45) is 1.89. The van der Waals surface area contributed by atoms with Crippen molar-refractivity contribution in [2.45, 2.75) is 26.2 Å². The predicted molar refractivity (Wildman–Crippen MR) is 56.1 cm³/mol. The van der Waals surface area contributed by atoms with Gasteiger partial charge in [0.2, 0.25) is 5.95 Å². The average molecular weight is 190 g/mol. The van der Waals surface area contributed by atoms with Crippen LogP contribution in [0.15, 0.2) is 18.3 Å². The smallest absolute Gasteiger partial charge is 0.240 e. The monoisotopic (exact) mass is 190 g/mol. The molecule has 0 saturated carbocycles.